The molecule has 104 valence electrons. The van der Waals surface area contributed by atoms with Gasteiger partial charge in [-0.05, 0) is 19.6 Å². The van der Waals surface area contributed by atoms with Gasteiger partial charge in [0.05, 0.1) is 6.07 Å². The number of hydrogen-bond donors (Lipinski definition) is 0. The largest absolute Gasteiger partial charge is 0.297 e. The maximum absolute atomic E-state index is 12.0. The van der Waals surface area contributed by atoms with Crippen molar-refractivity contribution in [2.45, 2.75) is 24.5 Å². The maximum atomic E-state index is 12.0. The molecule has 0 saturated carbocycles. The summed E-state index contributed by atoms with van der Waals surface area (Å²) in [6.45, 7) is 2.51. The Balaban J connectivity index is 2.53. The zero-order valence-electron chi connectivity index (χ0n) is 10.7. The SMILES string of the molecule is CSC(=S)SC(C)(C#N)CCC(=O)N1CCSC1=S. The van der Waals surface area contributed by atoms with Crippen molar-refractivity contribution in [2.24, 2.45) is 0 Å². The van der Waals surface area contributed by atoms with Crippen LogP contribution in [0.2, 0.25) is 0 Å². The monoisotopic (exact) mass is 350 g/mol. The van der Waals surface area contributed by atoms with E-state index in [1.54, 1.807) is 4.90 Å². The number of carbonyl (C=O) groups is 1. The number of thiocarbonyl (C=S) groups is 2. The van der Waals surface area contributed by atoms with Crippen LogP contribution in [0.25, 0.3) is 0 Å². The Morgan fingerprint density at radius 2 is 2.37 bits per heavy atom. The quantitative estimate of drug-likeness (QED) is 0.721. The number of hydrogen-bond acceptors (Lipinski definition) is 7. The fourth-order valence-corrected chi connectivity index (χ4v) is 4.75. The molecule has 1 saturated heterocycles. The summed E-state index contributed by atoms with van der Waals surface area (Å²) in [5.41, 5.74) is 0. The summed E-state index contributed by atoms with van der Waals surface area (Å²) < 4.78 is 0.726. The minimum absolute atomic E-state index is 0.00662. The molecule has 0 aromatic heterocycles. The molecule has 1 amide bonds. The fraction of sp³-hybridized carbons (Fsp3) is 0.636. The van der Waals surface area contributed by atoms with E-state index in [0.717, 1.165) is 9.28 Å². The molecule has 8 heteroatoms. The number of thioether (sulfide) groups is 3. The highest BCUT2D eigenvalue weighted by Gasteiger charge is 2.30. The zero-order valence-corrected chi connectivity index (χ0v) is 14.8. The molecule has 0 aliphatic carbocycles. The van der Waals surface area contributed by atoms with Crippen LogP contribution in [0.1, 0.15) is 19.8 Å². The minimum Gasteiger partial charge on any atom is -0.297 e. The van der Waals surface area contributed by atoms with Gasteiger partial charge in [-0.25, -0.2) is 0 Å². The van der Waals surface area contributed by atoms with Crippen molar-refractivity contribution in [2.75, 3.05) is 18.6 Å². The normalized spacial score (nSPS) is 17.9. The average Bonchev–Trinajstić information content (AvgIpc) is 2.82. The Kier molecular flexibility index (Phi) is 7.11. The minimum atomic E-state index is -0.649. The zero-order chi connectivity index (χ0) is 14.5. The molecular weight excluding hydrogens is 336 g/mol. The molecular formula is C11H14N2OS5. The van der Waals surface area contributed by atoms with Gasteiger partial charge in [-0.15, -0.1) is 11.8 Å². The van der Waals surface area contributed by atoms with Crippen LogP contribution in [-0.2, 0) is 4.79 Å². The Morgan fingerprint density at radius 3 is 2.84 bits per heavy atom. The lowest BCUT2D eigenvalue weighted by atomic mass is 10.1. The van der Waals surface area contributed by atoms with Crippen molar-refractivity contribution < 1.29 is 4.79 Å². The van der Waals surface area contributed by atoms with Gasteiger partial charge in [-0.3, -0.25) is 9.69 Å². The van der Waals surface area contributed by atoms with E-state index in [1.165, 1.54) is 35.3 Å². The molecule has 0 spiro atoms. The van der Waals surface area contributed by atoms with Gasteiger partial charge in [0, 0.05) is 18.7 Å². The first-order valence-electron chi connectivity index (χ1n) is 5.57. The third-order valence-corrected chi connectivity index (χ3v) is 6.76. The molecule has 0 bridgehead atoms. The molecule has 1 aliphatic heterocycles. The van der Waals surface area contributed by atoms with E-state index in [9.17, 15) is 10.1 Å². The smallest absolute Gasteiger partial charge is 0.228 e. The van der Waals surface area contributed by atoms with Crippen LogP contribution < -0.4 is 0 Å². The van der Waals surface area contributed by atoms with Gasteiger partial charge in [-0.2, -0.15) is 5.26 Å². The van der Waals surface area contributed by atoms with E-state index in [0.29, 0.717) is 23.7 Å². The lowest BCUT2D eigenvalue weighted by Gasteiger charge is -2.22. The second-order valence-electron chi connectivity index (χ2n) is 4.06. The first-order chi connectivity index (χ1) is 8.91. The van der Waals surface area contributed by atoms with Gasteiger partial charge in [0.1, 0.15) is 12.6 Å². The van der Waals surface area contributed by atoms with Crippen LogP contribution in [0, 0.1) is 11.3 Å². The predicted octanol–water partition coefficient (Wildman–Crippen LogP) is 3.29. The Labute approximate surface area is 137 Å². The molecule has 1 atom stereocenters. The van der Waals surface area contributed by atoms with Gasteiger partial charge in [0.15, 0.2) is 0 Å². The lowest BCUT2D eigenvalue weighted by molar-refractivity contribution is -0.127. The molecule has 1 rings (SSSR count). The first-order valence-corrected chi connectivity index (χ1v) is 9.41. The molecule has 0 aromatic rings. The Hall–Kier alpha value is 0.190. The topological polar surface area (TPSA) is 44.1 Å². The molecule has 0 N–H and O–H groups in total. The molecule has 19 heavy (non-hydrogen) atoms. The van der Waals surface area contributed by atoms with Crippen LogP contribution in [0.5, 0.6) is 0 Å². The van der Waals surface area contributed by atoms with Crippen molar-refractivity contribution in [3.8, 4) is 6.07 Å². The lowest BCUT2D eigenvalue weighted by Crippen LogP contribution is -2.32. The molecule has 0 radical (unpaired) electrons. The predicted molar refractivity (Wildman–Crippen MR) is 93.7 cm³/mol. The number of nitrogens with zero attached hydrogens (tertiary/aromatic N) is 2. The molecule has 1 fully saturated rings. The summed E-state index contributed by atoms with van der Waals surface area (Å²) in [6, 6.07) is 2.25. The standard InChI is InChI=1S/C11H14N2OS5/c1-11(7-12,19-10(16)17-2)4-3-8(14)13-5-6-18-9(13)15/h3-6H2,1-2H3. The third-order valence-electron chi connectivity index (χ3n) is 2.59. The highest BCUT2D eigenvalue weighted by Crippen LogP contribution is 2.34. The van der Waals surface area contributed by atoms with Crippen molar-refractivity contribution >= 4 is 73.5 Å². The molecule has 1 unspecified atom stereocenters. The number of nitriles is 1. The van der Waals surface area contributed by atoms with E-state index in [1.807, 2.05) is 13.2 Å². The Morgan fingerprint density at radius 1 is 1.68 bits per heavy atom. The van der Waals surface area contributed by atoms with Crippen molar-refractivity contribution in [3.63, 3.8) is 0 Å². The Bertz CT molecular complexity index is 433. The molecule has 0 aromatic carbocycles. The summed E-state index contributed by atoms with van der Waals surface area (Å²) in [6.07, 6.45) is 2.70. The molecule has 3 nitrogen and oxygen atoms in total. The van der Waals surface area contributed by atoms with E-state index in [2.05, 4.69) is 6.07 Å². The van der Waals surface area contributed by atoms with E-state index in [-0.39, 0.29) is 5.91 Å². The van der Waals surface area contributed by atoms with Crippen LogP contribution in [0.15, 0.2) is 0 Å². The van der Waals surface area contributed by atoms with Crippen LogP contribution in [0.4, 0.5) is 0 Å². The average molecular weight is 351 g/mol. The highest BCUT2D eigenvalue weighted by atomic mass is 32.2. The summed E-state index contributed by atoms with van der Waals surface area (Å²) in [5, 5.41) is 9.27. The summed E-state index contributed by atoms with van der Waals surface area (Å²) in [7, 11) is 0. The first kappa shape index (κ1) is 17.2. The van der Waals surface area contributed by atoms with Crippen molar-refractivity contribution in [1.29, 1.82) is 5.26 Å². The highest BCUT2D eigenvalue weighted by molar-refractivity contribution is 8.47. The summed E-state index contributed by atoms with van der Waals surface area (Å²) in [4.78, 5) is 13.7. The van der Waals surface area contributed by atoms with Gasteiger partial charge < -0.3 is 0 Å². The third kappa shape index (κ3) is 5.23. The number of rotatable bonds is 4. The van der Waals surface area contributed by atoms with Gasteiger partial charge in [0.25, 0.3) is 0 Å². The number of amides is 1. The van der Waals surface area contributed by atoms with Gasteiger partial charge in [0.2, 0.25) is 5.91 Å². The molecule has 1 aliphatic rings. The van der Waals surface area contributed by atoms with Crippen LogP contribution in [-0.4, -0.2) is 42.0 Å². The van der Waals surface area contributed by atoms with E-state index in [4.69, 9.17) is 24.4 Å². The van der Waals surface area contributed by atoms with Crippen LogP contribution in [0.3, 0.4) is 0 Å². The van der Waals surface area contributed by atoms with E-state index < -0.39 is 4.75 Å². The van der Waals surface area contributed by atoms with Gasteiger partial charge >= 0.3 is 0 Å². The maximum Gasteiger partial charge on any atom is 0.228 e. The van der Waals surface area contributed by atoms with Crippen molar-refractivity contribution in [3.05, 3.63) is 0 Å². The molecule has 1 heterocycles. The van der Waals surface area contributed by atoms with Gasteiger partial charge in [-0.1, -0.05) is 48.0 Å². The second-order valence-corrected chi connectivity index (χ2v) is 9.30. The van der Waals surface area contributed by atoms with Crippen LogP contribution >= 0.6 is 59.7 Å². The summed E-state index contributed by atoms with van der Waals surface area (Å²) >= 11 is 14.6. The van der Waals surface area contributed by atoms with E-state index >= 15 is 0 Å². The van der Waals surface area contributed by atoms with Crippen molar-refractivity contribution in [1.82, 2.24) is 4.90 Å². The summed E-state index contributed by atoms with van der Waals surface area (Å²) in [5.74, 6) is 0.873. The number of carbonyl (C=O) groups excluding carboxylic acids is 1. The second kappa shape index (κ2) is 7.84. The fourth-order valence-electron chi connectivity index (χ4n) is 1.46.